The Bertz CT molecular complexity index is 664. The molecule has 0 amide bonds. The van der Waals surface area contributed by atoms with Crippen LogP contribution in [-0.2, 0) is 10.9 Å². The maximum atomic E-state index is 12.9. The van der Waals surface area contributed by atoms with Crippen LogP contribution in [0.25, 0.3) is 0 Å². The summed E-state index contributed by atoms with van der Waals surface area (Å²) in [5, 5.41) is -0.380. The van der Waals surface area contributed by atoms with Gasteiger partial charge in [0.2, 0.25) is 5.28 Å². The Kier molecular flexibility index (Phi) is 4.18. The fourth-order valence-corrected chi connectivity index (χ4v) is 4.25. The molecule has 2 aliphatic rings. The number of anilines is 1. The van der Waals surface area contributed by atoms with Crippen molar-refractivity contribution in [3.05, 3.63) is 29.4 Å². The zero-order valence-corrected chi connectivity index (χ0v) is 14.4. The van der Waals surface area contributed by atoms with E-state index < -0.39 is 11.9 Å². The molecule has 0 bridgehead atoms. The van der Waals surface area contributed by atoms with Crippen molar-refractivity contribution in [1.29, 1.82) is 0 Å². The molecule has 1 saturated carbocycles. The van der Waals surface area contributed by atoms with E-state index in [1.54, 1.807) is 13.4 Å². The first-order chi connectivity index (χ1) is 11.2. The van der Waals surface area contributed by atoms with Crippen molar-refractivity contribution in [3.8, 4) is 0 Å². The van der Waals surface area contributed by atoms with Gasteiger partial charge in [-0.05, 0) is 35.4 Å². The summed E-state index contributed by atoms with van der Waals surface area (Å²) >= 11 is 5.70. The number of piperidine rings is 1. The Balaban J connectivity index is 1.85. The van der Waals surface area contributed by atoms with Gasteiger partial charge in [-0.1, -0.05) is 13.8 Å². The average molecular weight is 362 g/mol. The lowest BCUT2D eigenvalue weighted by molar-refractivity contribution is -0.141. The highest BCUT2D eigenvalue weighted by atomic mass is 35.5. The molecule has 0 spiro atoms. The number of hydrogen-bond donors (Lipinski definition) is 0. The molecule has 4 nitrogen and oxygen atoms in total. The molecule has 0 aromatic carbocycles. The highest BCUT2D eigenvalue weighted by molar-refractivity contribution is 6.28. The molecular formula is C16H19ClF3N3O. The first-order valence-corrected chi connectivity index (χ1v) is 8.14. The lowest BCUT2D eigenvalue weighted by Gasteiger charge is -2.26. The number of aromatic nitrogens is 2. The van der Waals surface area contributed by atoms with Crippen molar-refractivity contribution in [3.63, 3.8) is 0 Å². The minimum atomic E-state index is -4.54. The number of ether oxygens (including phenoxy) is 1. The minimum Gasteiger partial charge on any atom is -0.505 e. The van der Waals surface area contributed by atoms with Crippen molar-refractivity contribution in [2.24, 2.45) is 23.2 Å². The van der Waals surface area contributed by atoms with Crippen LogP contribution in [0.5, 0.6) is 0 Å². The maximum absolute atomic E-state index is 12.9. The predicted molar refractivity (Wildman–Crippen MR) is 84.7 cm³/mol. The Hall–Kier alpha value is -1.50. The van der Waals surface area contributed by atoms with E-state index in [-0.39, 0.29) is 16.5 Å². The number of halogens is 4. The van der Waals surface area contributed by atoms with Gasteiger partial charge in [0.15, 0.2) is 5.69 Å². The van der Waals surface area contributed by atoms with Gasteiger partial charge in [-0.25, -0.2) is 9.97 Å². The van der Waals surface area contributed by atoms with Gasteiger partial charge in [0.05, 0.1) is 13.4 Å². The molecule has 132 valence electrons. The summed E-state index contributed by atoms with van der Waals surface area (Å²) in [5.74, 6) is 1.41. The van der Waals surface area contributed by atoms with E-state index >= 15 is 0 Å². The average Bonchev–Trinajstić information content (AvgIpc) is 2.90. The standard InChI is InChI=1S/C16H19ClF3N3O/c1-9(2)15-8-23(7-11(15)10(15)4-5-24-3)13-6-12(16(18,19)20)21-14(17)22-13/h4-6,9-11H,7-8H2,1-3H3/b5-4+. The molecule has 1 aliphatic carbocycles. The molecule has 2 heterocycles. The number of rotatable bonds is 4. The Labute approximate surface area is 143 Å². The molecule has 3 atom stereocenters. The summed E-state index contributed by atoms with van der Waals surface area (Å²) in [6, 6.07) is 0.977. The van der Waals surface area contributed by atoms with Gasteiger partial charge in [0.25, 0.3) is 0 Å². The lowest BCUT2D eigenvalue weighted by atomic mass is 9.89. The summed E-state index contributed by atoms with van der Waals surface area (Å²) in [6.07, 6.45) is -0.805. The summed E-state index contributed by atoms with van der Waals surface area (Å²) in [7, 11) is 1.60. The smallest absolute Gasteiger partial charge is 0.433 e. The third kappa shape index (κ3) is 2.72. The van der Waals surface area contributed by atoms with Crippen LogP contribution in [0.4, 0.5) is 19.0 Å². The third-order valence-corrected chi connectivity index (χ3v) is 5.48. The summed E-state index contributed by atoms with van der Waals surface area (Å²) in [5.41, 5.74) is -0.960. The minimum absolute atomic E-state index is 0.0465. The monoisotopic (exact) mass is 361 g/mol. The number of methoxy groups -OCH3 is 1. The largest absolute Gasteiger partial charge is 0.505 e. The number of fused-ring (bicyclic) bond motifs is 1. The van der Waals surface area contributed by atoms with E-state index in [9.17, 15) is 13.2 Å². The van der Waals surface area contributed by atoms with Crippen LogP contribution in [0.15, 0.2) is 18.4 Å². The van der Waals surface area contributed by atoms with Gasteiger partial charge in [-0.2, -0.15) is 13.2 Å². The number of alkyl halides is 3. The molecule has 3 rings (SSSR count). The van der Waals surface area contributed by atoms with E-state index in [4.69, 9.17) is 16.3 Å². The number of nitrogens with zero attached hydrogens (tertiary/aromatic N) is 3. The molecule has 0 radical (unpaired) electrons. The third-order valence-electron chi connectivity index (χ3n) is 5.31. The zero-order chi connectivity index (χ0) is 17.7. The maximum Gasteiger partial charge on any atom is 0.433 e. The summed E-state index contributed by atoms with van der Waals surface area (Å²) in [4.78, 5) is 9.17. The van der Waals surface area contributed by atoms with E-state index in [0.29, 0.717) is 30.8 Å². The predicted octanol–water partition coefficient (Wildman–Crippen LogP) is 4.02. The normalized spacial score (nSPS) is 29.4. The summed E-state index contributed by atoms with van der Waals surface area (Å²) in [6.45, 7) is 5.59. The van der Waals surface area contributed by atoms with Gasteiger partial charge in [0.1, 0.15) is 5.82 Å². The van der Waals surface area contributed by atoms with E-state index in [1.165, 1.54) is 0 Å². The molecule has 3 unspecified atom stereocenters. The number of hydrogen-bond acceptors (Lipinski definition) is 4. The SMILES string of the molecule is CO/C=C/C1C2CN(c3cc(C(F)(F)F)nc(Cl)n3)CC12C(C)C. The molecule has 1 aliphatic heterocycles. The Morgan fingerprint density at radius 2 is 2.12 bits per heavy atom. The fraction of sp³-hybridized carbons (Fsp3) is 0.625. The highest BCUT2D eigenvalue weighted by Crippen LogP contribution is 2.68. The second-order valence-electron chi connectivity index (χ2n) is 6.72. The van der Waals surface area contributed by atoms with E-state index in [0.717, 1.165) is 6.07 Å². The van der Waals surface area contributed by atoms with Crippen molar-refractivity contribution >= 4 is 17.4 Å². The second-order valence-corrected chi connectivity index (χ2v) is 7.06. The van der Waals surface area contributed by atoms with Gasteiger partial charge in [-0.3, -0.25) is 0 Å². The van der Waals surface area contributed by atoms with Crippen LogP contribution in [0, 0.1) is 23.2 Å². The van der Waals surface area contributed by atoms with Crippen LogP contribution < -0.4 is 4.90 Å². The highest BCUT2D eigenvalue weighted by Gasteiger charge is 2.69. The van der Waals surface area contributed by atoms with Crippen LogP contribution in [0.1, 0.15) is 19.5 Å². The van der Waals surface area contributed by atoms with Crippen molar-refractivity contribution < 1.29 is 17.9 Å². The van der Waals surface area contributed by atoms with Crippen LogP contribution in [0.3, 0.4) is 0 Å². The molecule has 1 saturated heterocycles. The van der Waals surface area contributed by atoms with Crippen LogP contribution in [0.2, 0.25) is 5.28 Å². The van der Waals surface area contributed by atoms with Gasteiger partial charge >= 0.3 is 6.18 Å². The zero-order valence-electron chi connectivity index (χ0n) is 13.6. The molecule has 0 N–H and O–H groups in total. The van der Waals surface area contributed by atoms with Crippen molar-refractivity contribution in [2.45, 2.75) is 20.0 Å². The van der Waals surface area contributed by atoms with Gasteiger partial charge in [-0.15, -0.1) is 0 Å². The van der Waals surface area contributed by atoms with Crippen molar-refractivity contribution in [2.75, 3.05) is 25.1 Å². The lowest BCUT2D eigenvalue weighted by Crippen LogP contribution is -2.30. The summed E-state index contributed by atoms with van der Waals surface area (Å²) < 4.78 is 43.8. The Morgan fingerprint density at radius 1 is 1.42 bits per heavy atom. The fourth-order valence-electron chi connectivity index (χ4n) is 4.07. The first kappa shape index (κ1) is 17.3. The second kappa shape index (κ2) is 5.79. The molecule has 24 heavy (non-hydrogen) atoms. The van der Waals surface area contributed by atoms with Crippen LogP contribution in [-0.4, -0.2) is 30.2 Å². The molecular weight excluding hydrogens is 343 g/mol. The molecule has 2 fully saturated rings. The number of allylic oxidation sites excluding steroid dienone is 1. The topological polar surface area (TPSA) is 38.2 Å². The van der Waals surface area contributed by atoms with Crippen molar-refractivity contribution in [1.82, 2.24) is 9.97 Å². The van der Waals surface area contributed by atoms with Gasteiger partial charge < -0.3 is 9.64 Å². The first-order valence-electron chi connectivity index (χ1n) is 7.76. The van der Waals surface area contributed by atoms with Crippen LogP contribution >= 0.6 is 11.6 Å². The molecule has 1 aromatic heterocycles. The van der Waals surface area contributed by atoms with Gasteiger partial charge in [0, 0.05) is 24.6 Å². The molecule has 1 aromatic rings. The van der Waals surface area contributed by atoms with E-state index in [2.05, 4.69) is 29.9 Å². The van der Waals surface area contributed by atoms with E-state index in [1.807, 2.05) is 4.90 Å². The quantitative estimate of drug-likeness (QED) is 0.599. The molecule has 8 heteroatoms. The Morgan fingerprint density at radius 3 is 2.67 bits per heavy atom.